The summed E-state index contributed by atoms with van der Waals surface area (Å²) in [5.41, 5.74) is 3.85. The van der Waals surface area contributed by atoms with Gasteiger partial charge in [0.1, 0.15) is 0 Å². The van der Waals surface area contributed by atoms with Gasteiger partial charge in [0.05, 0.1) is 30.5 Å². The third-order valence-corrected chi connectivity index (χ3v) is 3.39. The molecule has 132 valence electrons. The second-order valence-electron chi connectivity index (χ2n) is 5.06. The van der Waals surface area contributed by atoms with Crippen molar-refractivity contribution in [2.24, 2.45) is 5.10 Å². The summed E-state index contributed by atoms with van der Waals surface area (Å²) in [5.74, 6) is 0.404. The quantitative estimate of drug-likeness (QED) is 0.424. The second kappa shape index (κ2) is 8.89. The molecule has 0 radical (unpaired) electrons. The van der Waals surface area contributed by atoms with Crippen molar-refractivity contribution < 1.29 is 14.4 Å². The Kier molecular flexibility index (Phi) is 6.59. The van der Waals surface area contributed by atoms with Gasteiger partial charge in [0, 0.05) is 16.7 Å². The van der Waals surface area contributed by atoms with Gasteiger partial charge in [-0.05, 0) is 30.7 Å². The minimum absolute atomic E-state index is 0.120. The summed E-state index contributed by atoms with van der Waals surface area (Å²) in [6, 6.07) is 10.1. The molecule has 0 aliphatic rings. The van der Waals surface area contributed by atoms with E-state index in [0.717, 1.165) is 6.42 Å². The first-order chi connectivity index (χ1) is 12.0. The maximum Gasteiger partial charge on any atom is 0.315 e. The number of benzene rings is 2. The summed E-state index contributed by atoms with van der Waals surface area (Å²) in [5, 5.41) is 16.0. The predicted octanol–water partition coefficient (Wildman–Crippen LogP) is 4.49. The maximum atomic E-state index is 11.3. The molecular weight excluding hydrogens is 346 g/mol. The number of anilines is 1. The van der Waals surface area contributed by atoms with Gasteiger partial charge in [-0.3, -0.25) is 15.5 Å². The highest BCUT2D eigenvalue weighted by molar-refractivity contribution is 6.30. The Morgan fingerprint density at radius 2 is 2.16 bits per heavy atom. The van der Waals surface area contributed by atoms with E-state index in [4.69, 9.17) is 21.1 Å². The number of rotatable bonds is 8. The highest BCUT2D eigenvalue weighted by Gasteiger charge is 2.21. The highest BCUT2D eigenvalue weighted by Crippen LogP contribution is 2.38. The van der Waals surface area contributed by atoms with Crippen LogP contribution in [-0.4, -0.2) is 24.9 Å². The molecule has 0 atom stereocenters. The standard InChI is InChI=1S/C17H18ClN3O4/c1-3-7-25-17-15(21(22)23)8-12(9-16(17)24-2)11-19-20-14-6-4-5-13(18)10-14/h4-6,8-11,20H,3,7H2,1-2H3. The van der Waals surface area contributed by atoms with E-state index in [9.17, 15) is 10.1 Å². The zero-order chi connectivity index (χ0) is 18.2. The fourth-order valence-corrected chi connectivity index (χ4v) is 2.25. The topological polar surface area (TPSA) is 86.0 Å². The number of nitrogens with one attached hydrogen (secondary N) is 1. The molecule has 1 N–H and O–H groups in total. The average Bonchev–Trinajstić information content (AvgIpc) is 2.59. The van der Waals surface area contributed by atoms with Crippen LogP contribution < -0.4 is 14.9 Å². The van der Waals surface area contributed by atoms with Crippen LogP contribution in [0.5, 0.6) is 11.5 Å². The molecule has 2 rings (SSSR count). The van der Waals surface area contributed by atoms with Gasteiger partial charge in [0.25, 0.3) is 0 Å². The molecule has 0 heterocycles. The van der Waals surface area contributed by atoms with Crippen molar-refractivity contribution in [3.05, 3.63) is 57.1 Å². The molecule has 0 saturated carbocycles. The summed E-state index contributed by atoms with van der Waals surface area (Å²) in [6.07, 6.45) is 2.19. The number of hydrogen-bond acceptors (Lipinski definition) is 6. The van der Waals surface area contributed by atoms with Crippen molar-refractivity contribution in [3.63, 3.8) is 0 Å². The van der Waals surface area contributed by atoms with Crippen LogP contribution in [0.3, 0.4) is 0 Å². The van der Waals surface area contributed by atoms with E-state index in [2.05, 4.69) is 10.5 Å². The number of nitro groups is 1. The number of halogens is 1. The molecule has 25 heavy (non-hydrogen) atoms. The lowest BCUT2D eigenvalue weighted by Crippen LogP contribution is -2.03. The van der Waals surface area contributed by atoms with Crippen LogP contribution in [0, 0.1) is 10.1 Å². The van der Waals surface area contributed by atoms with Crippen LogP contribution in [0.25, 0.3) is 0 Å². The van der Waals surface area contributed by atoms with E-state index >= 15 is 0 Å². The molecule has 0 aromatic heterocycles. The van der Waals surface area contributed by atoms with Gasteiger partial charge in [0.15, 0.2) is 5.75 Å². The third-order valence-electron chi connectivity index (χ3n) is 3.16. The van der Waals surface area contributed by atoms with E-state index < -0.39 is 4.92 Å². The Morgan fingerprint density at radius 1 is 1.36 bits per heavy atom. The molecule has 7 nitrogen and oxygen atoms in total. The lowest BCUT2D eigenvalue weighted by atomic mass is 10.2. The molecule has 0 spiro atoms. The average molecular weight is 364 g/mol. The van der Waals surface area contributed by atoms with Gasteiger partial charge in [-0.1, -0.05) is 24.6 Å². The van der Waals surface area contributed by atoms with Crippen LogP contribution in [0.15, 0.2) is 41.5 Å². The fourth-order valence-electron chi connectivity index (χ4n) is 2.06. The van der Waals surface area contributed by atoms with Crippen LogP contribution in [0.2, 0.25) is 5.02 Å². The molecule has 0 unspecified atom stereocenters. The fraction of sp³-hybridized carbons (Fsp3) is 0.235. The van der Waals surface area contributed by atoms with Crippen molar-refractivity contribution in [2.75, 3.05) is 19.1 Å². The third kappa shape index (κ3) is 5.09. The zero-order valence-corrected chi connectivity index (χ0v) is 14.6. The van der Waals surface area contributed by atoms with Gasteiger partial charge >= 0.3 is 5.69 Å². The number of nitrogens with zero attached hydrogens (tertiary/aromatic N) is 2. The van der Waals surface area contributed by atoms with Crippen molar-refractivity contribution in [1.29, 1.82) is 0 Å². The normalized spacial score (nSPS) is 10.7. The number of methoxy groups -OCH3 is 1. The Balaban J connectivity index is 2.27. The monoisotopic (exact) mass is 363 g/mol. The van der Waals surface area contributed by atoms with Crippen molar-refractivity contribution in [3.8, 4) is 11.5 Å². The van der Waals surface area contributed by atoms with Crippen LogP contribution in [0.4, 0.5) is 11.4 Å². The minimum Gasteiger partial charge on any atom is -0.493 e. The molecule has 8 heteroatoms. The molecule has 2 aromatic carbocycles. The first kappa shape index (κ1) is 18.5. The van der Waals surface area contributed by atoms with Crippen molar-refractivity contribution in [2.45, 2.75) is 13.3 Å². The molecule has 2 aromatic rings. The summed E-state index contributed by atoms with van der Waals surface area (Å²) < 4.78 is 10.7. The first-order valence-electron chi connectivity index (χ1n) is 7.59. The van der Waals surface area contributed by atoms with Crippen LogP contribution in [0.1, 0.15) is 18.9 Å². The van der Waals surface area contributed by atoms with E-state index in [1.165, 1.54) is 19.4 Å². The van der Waals surface area contributed by atoms with Gasteiger partial charge in [-0.2, -0.15) is 5.10 Å². The predicted molar refractivity (Wildman–Crippen MR) is 98.1 cm³/mol. The van der Waals surface area contributed by atoms with E-state index in [0.29, 0.717) is 22.9 Å². The Labute approximate surface area is 150 Å². The maximum absolute atomic E-state index is 11.3. The molecule has 0 aliphatic carbocycles. The smallest absolute Gasteiger partial charge is 0.315 e. The number of hydrazone groups is 1. The molecule has 0 bridgehead atoms. The molecule has 0 fully saturated rings. The Hall–Kier alpha value is -2.80. The van der Waals surface area contributed by atoms with Crippen molar-refractivity contribution >= 4 is 29.2 Å². The molecule has 0 aliphatic heterocycles. The van der Waals surface area contributed by atoms with Crippen molar-refractivity contribution in [1.82, 2.24) is 0 Å². The lowest BCUT2D eigenvalue weighted by Gasteiger charge is -2.11. The summed E-state index contributed by atoms with van der Waals surface area (Å²) in [6.45, 7) is 2.28. The zero-order valence-electron chi connectivity index (χ0n) is 13.9. The molecule has 0 amide bonds. The SMILES string of the molecule is CCCOc1c(OC)cc(C=NNc2cccc(Cl)c2)cc1[N+](=O)[O-]. The van der Waals surface area contributed by atoms with Gasteiger partial charge in [0.2, 0.25) is 5.75 Å². The first-order valence-corrected chi connectivity index (χ1v) is 7.96. The molecule has 0 saturated heterocycles. The number of ether oxygens (including phenoxy) is 2. The number of hydrogen-bond donors (Lipinski definition) is 1. The van der Waals surface area contributed by atoms with Crippen LogP contribution in [-0.2, 0) is 0 Å². The second-order valence-corrected chi connectivity index (χ2v) is 5.49. The van der Waals surface area contributed by atoms with E-state index in [-0.39, 0.29) is 17.2 Å². The van der Waals surface area contributed by atoms with Gasteiger partial charge in [-0.25, -0.2) is 0 Å². The Bertz CT molecular complexity index is 780. The summed E-state index contributed by atoms with van der Waals surface area (Å²) >= 11 is 5.90. The van der Waals surface area contributed by atoms with Gasteiger partial charge in [-0.15, -0.1) is 0 Å². The lowest BCUT2D eigenvalue weighted by molar-refractivity contribution is -0.386. The minimum atomic E-state index is -0.505. The molecular formula is C17H18ClN3O4. The van der Waals surface area contributed by atoms with E-state index in [1.54, 1.807) is 30.3 Å². The van der Waals surface area contributed by atoms with Crippen LogP contribution >= 0.6 is 11.6 Å². The summed E-state index contributed by atoms with van der Waals surface area (Å²) in [4.78, 5) is 10.8. The summed E-state index contributed by atoms with van der Waals surface area (Å²) in [7, 11) is 1.43. The van der Waals surface area contributed by atoms with Gasteiger partial charge < -0.3 is 9.47 Å². The Morgan fingerprint density at radius 3 is 2.80 bits per heavy atom. The highest BCUT2D eigenvalue weighted by atomic mass is 35.5. The van der Waals surface area contributed by atoms with E-state index in [1.807, 2.05) is 6.92 Å². The number of nitro benzene ring substituents is 1. The largest absolute Gasteiger partial charge is 0.493 e.